The van der Waals surface area contributed by atoms with Gasteiger partial charge < -0.3 is 28.4 Å². The highest BCUT2D eigenvalue weighted by atomic mass is 19.4. The van der Waals surface area contributed by atoms with Gasteiger partial charge in [-0.3, -0.25) is 5.32 Å². The molecule has 2 aromatic carbocycles. The molecule has 1 amide bonds. The van der Waals surface area contributed by atoms with Gasteiger partial charge >= 0.3 is 12.5 Å². The normalized spacial score (nSPS) is 22.7. The molecule has 1 saturated heterocycles. The van der Waals surface area contributed by atoms with Crippen LogP contribution in [-0.4, -0.2) is 79.2 Å². The maximum atomic E-state index is 12.7. The molecule has 0 bridgehead atoms. The number of benzene rings is 2. The summed E-state index contributed by atoms with van der Waals surface area (Å²) in [4.78, 5) is 17.1. The Morgan fingerprint density at radius 1 is 0.976 bits per heavy atom. The van der Waals surface area contributed by atoms with Crippen molar-refractivity contribution >= 4 is 11.8 Å². The maximum absolute atomic E-state index is 12.7. The van der Waals surface area contributed by atoms with Gasteiger partial charge in [0.1, 0.15) is 24.1 Å². The van der Waals surface area contributed by atoms with Gasteiger partial charge in [-0.15, -0.1) is 18.3 Å². The first kappa shape index (κ1) is 30.1. The number of hydrogen-bond acceptors (Lipinski definition) is 10. The number of rotatable bonds is 9. The molecule has 14 heteroatoms. The number of methoxy groups -OCH3 is 2. The number of nitrogens with zero attached hydrogens (tertiary/aromatic N) is 3. The number of hydrogen-bond donors (Lipinski definition) is 1. The summed E-state index contributed by atoms with van der Waals surface area (Å²) >= 11 is 0. The third kappa shape index (κ3) is 7.67. The molecule has 1 aromatic heterocycles. The van der Waals surface area contributed by atoms with E-state index in [1.165, 1.54) is 37.6 Å². The number of ether oxygens (including phenoxy) is 6. The molecule has 0 unspecified atom stereocenters. The number of anilines is 1. The molecule has 4 rings (SSSR count). The molecule has 2 heterocycles. The zero-order valence-corrected chi connectivity index (χ0v) is 22.6. The second kappa shape index (κ2) is 13.2. The predicted molar refractivity (Wildman–Crippen MR) is 139 cm³/mol. The maximum Gasteiger partial charge on any atom is 0.573 e. The number of halogens is 3. The fraction of sp³-hybridized carbons (Fsp3) is 0.407. The summed E-state index contributed by atoms with van der Waals surface area (Å²) in [6, 6.07) is 11.8. The molecule has 41 heavy (non-hydrogen) atoms. The molecule has 1 N–H and O–H groups in total. The molecule has 220 valence electrons. The van der Waals surface area contributed by atoms with Crippen molar-refractivity contribution in [3.05, 3.63) is 54.7 Å². The van der Waals surface area contributed by atoms with E-state index in [9.17, 15) is 18.0 Å². The number of amides is 1. The molecule has 1 fully saturated rings. The van der Waals surface area contributed by atoms with Gasteiger partial charge in [-0.25, -0.2) is 9.78 Å². The Morgan fingerprint density at radius 3 is 2.24 bits per heavy atom. The fourth-order valence-corrected chi connectivity index (χ4v) is 4.37. The van der Waals surface area contributed by atoms with Gasteiger partial charge in [0, 0.05) is 37.6 Å². The Hall–Kier alpha value is -3.85. The van der Waals surface area contributed by atoms with Gasteiger partial charge in [0.15, 0.2) is 5.82 Å². The van der Waals surface area contributed by atoms with Crippen molar-refractivity contribution in [2.45, 2.75) is 50.9 Å². The van der Waals surface area contributed by atoms with Crippen molar-refractivity contribution in [2.75, 3.05) is 26.1 Å². The number of carbonyl (C=O) groups is 1. The van der Waals surface area contributed by atoms with Crippen LogP contribution < -0.4 is 10.1 Å². The van der Waals surface area contributed by atoms with E-state index in [0.29, 0.717) is 29.1 Å². The highest BCUT2D eigenvalue weighted by molar-refractivity contribution is 5.85. The van der Waals surface area contributed by atoms with Crippen LogP contribution in [0.3, 0.4) is 0 Å². The Labute approximate surface area is 233 Å². The Kier molecular flexibility index (Phi) is 9.70. The molecule has 1 aliphatic heterocycles. The molecule has 11 nitrogen and oxygen atoms in total. The van der Waals surface area contributed by atoms with Gasteiger partial charge in [-0.1, -0.05) is 0 Å². The predicted octanol–water partition coefficient (Wildman–Crippen LogP) is 4.83. The quantitative estimate of drug-likeness (QED) is 0.378. The van der Waals surface area contributed by atoms with Crippen molar-refractivity contribution in [1.29, 1.82) is 0 Å². The highest BCUT2D eigenvalue weighted by Crippen LogP contribution is 2.29. The Morgan fingerprint density at radius 2 is 1.63 bits per heavy atom. The van der Waals surface area contributed by atoms with Crippen LogP contribution >= 0.6 is 0 Å². The van der Waals surface area contributed by atoms with E-state index in [4.69, 9.17) is 23.7 Å². The van der Waals surface area contributed by atoms with Gasteiger partial charge in [0.2, 0.25) is 6.29 Å². The molecular weight excluding hydrogens is 549 g/mol. The minimum Gasteiger partial charge on any atom is -0.416 e. The monoisotopic (exact) mass is 578 g/mol. The zero-order chi connectivity index (χ0) is 29.6. The lowest BCUT2D eigenvalue weighted by Gasteiger charge is -2.43. The molecule has 0 saturated carbocycles. The van der Waals surface area contributed by atoms with E-state index in [2.05, 4.69) is 25.2 Å². The summed E-state index contributed by atoms with van der Waals surface area (Å²) < 4.78 is 69.3. The first-order chi connectivity index (χ1) is 19.6. The molecular formula is C27H29F3N4O7. The summed E-state index contributed by atoms with van der Waals surface area (Å²) in [5.74, 6) is -0.0740. The summed E-state index contributed by atoms with van der Waals surface area (Å²) in [5, 5.41) is 10.6. The van der Waals surface area contributed by atoms with E-state index >= 15 is 0 Å². The fourth-order valence-electron chi connectivity index (χ4n) is 4.37. The van der Waals surface area contributed by atoms with Gasteiger partial charge in [0.25, 0.3) is 0 Å². The third-order valence-electron chi connectivity index (χ3n) is 6.19. The third-order valence-corrected chi connectivity index (χ3v) is 6.19. The number of carbonyl (C=O) groups excluding carboxylic acids is 1. The van der Waals surface area contributed by atoms with E-state index in [1.54, 1.807) is 38.3 Å². The summed E-state index contributed by atoms with van der Waals surface area (Å²) in [6.45, 7) is 4.05. The van der Waals surface area contributed by atoms with E-state index < -0.39 is 43.2 Å². The van der Waals surface area contributed by atoms with Crippen LogP contribution in [0.1, 0.15) is 13.8 Å². The average molecular weight is 579 g/mol. The van der Waals surface area contributed by atoms with Crippen molar-refractivity contribution in [3.63, 3.8) is 0 Å². The summed E-state index contributed by atoms with van der Waals surface area (Å²) in [7, 11) is 3.02. The van der Waals surface area contributed by atoms with Crippen LogP contribution in [-0.2, 0) is 23.7 Å². The lowest BCUT2D eigenvalue weighted by Crippen LogP contribution is -2.60. The molecule has 1 aliphatic rings. The smallest absolute Gasteiger partial charge is 0.416 e. The summed E-state index contributed by atoms with van der Waals surface area (Å²) in [6.07, 6.45) is -7.24. The molecule has 5 atom stereocenters. The van der Waals surface area contributed by atoms with Crippen LogP contribution in [0.4, 0.5) is 23.7 Å². The van der Waals surface area contributed by atoms with Crippen molar-refractivity contribution in [1.82, 2.24) is 15.2 Å². The lowest BCUT2D eigenvalue weighted by molar-refractivity contribution is -0.292. The number of alkyl halides is 3. The molecule has 0 radical (unpaired) electrons. The van der Waals surface area contributed by atoms with Crippen LogP contribution in [0.2, 0.25) is 0 Å². The minimum absolute atomic E-state index is 0.273. The van der Waals surface area contributed by atoms with Crippen LogP contribution in [0.25, 0.3) is 22.6 Å². The van der Waals surface area contributed by atoms with Gasteiger partial charge in [0.05, 0.1) is 18.0 Å². The molecule has 3 aromatic rings. The first-order valence-electron chi connectivity index (χ1n) is 12.6. The number of nitrogens with one attached hydrogen (secondary N) is 1. The molecule has 0 spiro atoms. The average Bonchev–Trinajstić information content (AvgIpc) is 2.93. The highest BCUT2D eigenvalue weighted by Gasteiger charge is 2.47. The van der Waals surface area contributed by atoms with Crippen LogP contribution in [0, 0.1) is 0 Å². The van der Waals surface area contributed by atoms with E-state index in [1.807, 2.05) is 6.92 Å². The van der Waals surface area contributed by atoms with Crippen molar-refractivity contribution < 1.29 is 46.4 Å². The zero-order valence-electron chi connectivity index (χ0n) is 22.6. The standard InChI is InChI=1S/C27H29F3N4O7/c1-5-38-22-21(36-3)15(2)39-25(23(22)37-4)40-26(35)32-18-10-6-17(7-11-18)24-33-20(14-31-34-24)16-8-12-19(13-9-16)41-27(28,29)30/h6-15,21-23,25H,5H2,1-4H3,(H,32,35)/t15-,21-,22+,23+,25-/m0/s1. The number of aromatic nitrogens is 3. The van der Waals surface area contributed by atoms with E-state index in [-0.39, 0.29) is 11.6 Å². The van der Waals surface area contributed by atoms with E-state index in [0.717, 1.165) is 0 Å². The van der Waals surface area contributed by atoms with Gasteiger partial charge in [-0.2, -0.15) is 5.10 Å². The topological polar surface area (TPSA) is 123 Å². The Balaban J connectivity index is 1.40. The Bertz CT molecular complexity index is 1300. The first-order valence-corrected chi connectivity index (χ1v) is 12.6. The van der Waals surface area contributed by atoms with Gasteiger partial charge in [-0.05, 0) is 62.4 Å². The van der Waals surface area contributed by atoms with Crippen molar-refractivity contribution in [2.24, 2.45) is 0 Å². The minimum atomic E-state index is -4.78. The van der Waals surface area contributed by atoms with Crippen LogP contribution in [0.5, 0.6) is 5.75 Å². The molecule has 0 aliphatic carbocycles. The second-order valence-corrected chi connectivity index (χ2v) is 8.88. The SMILES string of the molecule is CCO[C@@H]1[C@@H](OC)[C@H](C)O[C@@H](OC(=O)Nc2ccc(-c3nncc(-c4ccc(OC(F)(F)F)cc4)n3)cc2)[C@@H]1OC. The summed E-state index contributed by atoms with van der Waals surface area (Å²) in [5.41, 5.74) is 1.94. The lowest BCUT2D eigenvalue weighted by atomic mass is 9.99. The second-order valence-electron chi connectivity index (χ2n) is 8.88. The largest absolute Gasteiger partial charge is 0.573 e. The van der Waals surface area contributed by atoms with Crippen molar-refractivity contribution in [3.8, 4) is 28.4 Å². The van der Waals surface area contributed by atoms with Crippen LogP contribution in [0.15, 0.2) is 54.7 Å².